The summed E-state index contributed by atoms with van der Waals surface area (Å²) >= 11 is 0. The lowest BCUT2D eigenvalue weighted by molar-refractivity contribution is -0.384. The zero-order valence-electron chi connectivity index (χ0n) is 15.4. The summed E-state index contributed by atoms with van der Waals surface area (Å²) in [5, 5.41) is 26.6. The Morgan fingerprint density at radius 3 is 2.44 bits per heavy atom. The molecule has 1 amide bonds. The van der Waals surface area contributed by atoms with Crippen molar-refractivity contribution in [2.24, 2.45) is 5.41 Å². The molecule has 0 saturated carbocycles. The first-order valence-electron chi connectivity index (χ1n) is 8.40. The van der Waals surface area contributed by atoms with Gasteiger partial charge in [0, 0.05) is 18.3 Å². The van der Waals surface area contributed by atoms with E-state index in [9.17, 15) is 24.8 Å². The van der Waals surface area contributed by atoms with Crippen molar-refractivity contribution >= 4 is 17.6 Å². The Labute approximate surface area is 156 Å². The van der Waals surface area contributed by atoms with Gasteiger partial charge in [-0.1, -0.05) is 20.8 Å². The van der Waals surface area contributed by atoms with Gasteiger partial charge in [-0.2, -0.15) is 5.10 Å². The van der Waals surface area contributed by atoms with Crippen molar-refractivity contribution in [1.29, 1.82) is 0 Å². The van der Waals surface area contributed by atoms with Gasteiger partial charge in [0.15, 0.2) is 0 Å². The largest absolute Gasteiger partial charge is 0.480 e. The lowest BCUT2D eigenvalue weighted by Crippen LogP contribution is -2.41. The van der Waals surface area contributed by atoms with Crippen LogP contribution in [0.25, 0.3) is 5.69 Å². The number of hydrogen-bond donors (Lipinski definition) is 2. The van der Waals surface area contributed by atoms with Crippen LogP contribution in [0, 0.1) is 15.5 Å². The van der Waals surface area contributed by atoms with Crippen molar-refractivity contribution in [2.45, 2.75) is 39.7 Å². The molecule has 0 radical (unpaired) electrons. The number of nitrogens with zero attached hydrogens (tertiary/aromatic N) is 3. The van der Waals surface area contributed by atoms with Gasteiger partial charge in [-0.3, -0.25) is 14.9 Å². The summed E-state index contributed by atoms with van der Waals surface area (Å²) in [6.45, 7) is 6.01. The number of benzene rings is 1. The van der Waals surface area contributed by atoms with Crippen LogP contribution in [0.4, 0.5) is 5.69 Å². The number of aliphatic carboxylic acids is 1. The molecular formula is C18H22N4O5. The molecule has 2 aromatic rings. The number of carbonyl (C=O) groups is 2. The van der Waals surface area contributed by atoms with Crippen molar-refractivity contribution in [1.82, 2.24) is 15.1 Å². The second-order valence-corrected chi connectivity index (χ2v) is 7.41. The number of carbonyl (C=O) groups excluding carboxylic acids is 1. The minimum absolute atomic E-state index is 0.0424. The number of nitrogens with one attached hydrogen (secondary N) is 1. The van der Waals surface area contributed by atoms with E-state index in [4.69, 9.17) is 0 Å². The van der Waals surface area contributed by atoms with Gasteiger partial charge < -0.3 is 10.4 Å². The van der Waals surface area contributed by atoms with Crippen LogP contribution in [-0.4, -0.2) is 37.7 Å². The van der Waals surface area contributed by atoms with Crippen LogP contribution in [0.1, 0.15) is 44.0 Å². The van der Waals surface area contributed by atoms with Gasteiger partial charge in [0.1, 0.15) is 6.04 Å². The van der Waals surface area contributed by atoms with E-state index in [1.54, 1.807) is 0 Å². The first kappa shape index (κ1) is 20.1. The van der Waals surface area contributed by atoms with E-state index in [0.29, 0.717) is 18.5 Å². The van der Waals surface area contributed by atoms with E-state index < -0.39 is 22.8 Å². The van der Waals surface area contributed by atoms with Gasteiger partial charge in [0.05, 0.1) is 22.4 Å². The smallest absolute Gasteiger partial charge is 0.326 e. The van der Waals surface area contributed by atoms with Crippen molar-refractivity contribution < 1.29 is 19.6 Å². The van der Waals surface area contributed by atoms with Crippen LogP contribution in [0.5, 0.6) is 0 Å². The molecule has 1 atom stereocenters. The fraction of sp³-hybridized carbons (Fsp3) is 0.389. The minimum atomic E-state index is -1.09. The quantitative estimate of drug-likeness (QED) is 0.566. The highest BCUT2D eigenvalue weighted by molar-refractivity contribution is 5.96. The van der Waals surface area contributed by atoms with Crippen LogP contribution in [0.2, 0.25) is 0 Å². The van der Waals surface area contributed by atoms with E-state index in [0.717, 1.165) is 0 Å². The van der Waals surface area contributed by atoms with Crippen molar-refractivity contribution in [2.75, 3.05) is 0 Å². The Hall–Kier alpha value is -3.23. The van der Waals surface area contributed by atoms with Crippen molar-refractivity contribution in [3.05, 3.63) is 52.3 Å². The normalized spacial score (nSPS) is 12.4. The molecule has 9 heteroatoms. The van der Waals surface area contributed by atoms with Gasteiger partial charge in [-0.25, -0.2) is 9.48 Å². The van der Waals surface area contributed by atoms with Crippen molar-refractivity contribution in [3.63, 3.8) is 0 Å². The van der Waals surface area contributed by atoms with Gasteiger partial charge >= 0.3 is 5.97 Å². The molecule has 2 N–H and O–H groups in total. The number of hydrogen-bond acceptors (Lipinski definition) is 5. The van der Waals surface area contributed by atoms with E-state index in [2.05, 4.69) is 10.4 Å². The number of nitro groups is 1. The first-order chi connectivity index (χ1) is 12.6. The Morgan fingerprint density at radius 2 is 1.93 bits per heavy atom. The van der Waals surface area contributed by atoms with Gasteiger partial charge in [-0.15, -0.1) is 0 Å². The predicted molar refractivity (Wildman–Crippen MR) is 97.8 cm³/mol. The number of non-ortho nitro benzene ring substituents is 1. The fourth-order valence-corrected chi connectivity index (χ4v) is 2.38. The molecule has 0 spiro atoms. The van der Waals surface area contributed by atoms with Crippen LogP contribution >= 0.6 is 0 Å². The number of carboxylic acid groups (broad SMARTS) is 1. The van der Waals surface area contributed by atoms with Crippen LogP contribution in [-0.2, 0) is 4.79 Å². The van der Waals surface area contributed by atoms with Crippen LogP contribution in [0.15, 0.2) is 36.7 Å². The Balaban J connectivity index is 2.08. The Bertz CT molecular complexity index is 836. The summed E-state index contributed by atoms with van der Waals surface area (Å²) in [6.07, 6.45) is 3.73. The Morgan fingerprint density at radius 1 is 1.30 bits per heavy atom. The third-order valence-electron chi connectivity index (χ3n) is 3.96. The zero-order chi connectivity index (χ0) is 20.2. The van der Waals surface area contributed by atoms with E-state index >= 15 is 0 Å². The molecule has 0 aliphatic heterocycles. The lowest BCUT2D eigenvalue weighted by atomic mass is 9.88. The summed E-state index contributed by atoms with van der Waals surface area (Å²) in [5.41, 5.74) is 0.656. The average molecular weight is 374 g/mol. The first-order valence-corrected chi connectivity index (χ1v) is 8.40. The summed E-state index contributed by atoms with van der Waals surface area (Å²) in [4.78, 5) is 34.0. The van der Waals surface area contributed by atoms with E-state index in [1.165, 1.54) is 41.3 Å². The predicted octanol–water partition coefficient (Wildman–Crippen LogP) is 2.79. The summed E-state index contributed by atoms with van der Waals surface area (Å²) in [5.74, 6) is -1.63. The number of nitro benzene ring substituents is 1. The molecule has 27 heavy (non-hydrogen) atoms. The molecule has 0 bridgehead atoms. The summed E-state index contributed by atoms with van der Waals surface area (Å²) < 4.78 is 1.39. The van der Waals surface area contributed by atoms with Gasteiger partial charge in [0.25, 0.3) is 11.6 Å². The second kappa shape index (κ2) is 7.98. The van der Waals surface area contributed by atoms with Gasteiger partial charge in [-0.05, 0) is 30.4 Å². The van der Waals surface area contributed by atoms with Crippen LogP contribution < -0.4 is 5.32 Å². The number of amides is 1. The topological polar surface area (TPSA) is 127 Å². The standard InChI is InChI=1S/C18H22N4O5/c1-18(2,3)9-8-15(17(24)25)20-16(23)12-10-19-21(11-12)13-4-6-14(7-5-13)22(26)27/h4-7,10-11,15H,8-9H2,1-3H3,(H,20,23)(H,24,25). The summed E-state index contributed by atoms with van der Waals surface area (Å²) in [6, 6.07) is 4.71. The summed E-state index contributed by atoms with van der Waals surface area (Å²) in [7, 11) is 0. The lowest BCUT2D eigenvalue weighted by Gasteiger charge is -2.21. The molecule has 1 aromatic carbocycles. The molecule has 0 aliphatic rings. The highest BCUT2D eigenvalue weighted by Crippen LogP contribution is 2.22. The van der Waals surface area contributed by atoms with Gasteiger partial charge in [0.2, 0.25) is 0 Å². The van der Waals surface area contributed by atoms with Crippen LogP contribution in [0.3, 0.4) is 0 Å². The molecule has 0 saturated heterocycles. The molecule has 0 fully saturated rings. The number of aromatic nitrogens is 2. The third kappa shape index (κ3) is 5.63. The maximum atomic E-state index is 12.4. The highest BCUT2D eigenvalue weighted by atomic mass is 16.6. The van der Waals surface area contributed by atoms with E-state index in [1.807, 2.05) is 20.8 Å². The molecule has 0 aliphatic carbocycles. The van der Waals surface area contributed by atoms with E-state index in [-0.39, 0.29) is 16.7 Å². The maximum absolute atomic E-state index is 12.4. The SMILES string of the molecule is CC(C)(C)CCC(NC(=O)c1cnn(-c2ccc([N+](=O)[O-])cc2)c1)C(=O)O. The highest BCUT2D eigenvalue weighted by Gasteiger charge is 2.24. The zero-order valence-corrected chi connectivity index (χ0v) is 15.4. The molecule has 1 heterocycles. The molecule has 144 valence electrons. The third-order valence-corrected chi connectivity index (χ3v) is 3.96. The number of carboxylic acids is 1. The second-order valence-electron chi connectivity index (χ2n) is 7.41. The molecular weight excluding hydrogens is 352 g/mol. The molecule has 1 aromatic heterocycles. The average Bonchev–Trinajstić information content (AvgIpc) is 3.07. The van der Waals surface area contributed by atoms with Crippen molar-refractivity contribution in [3.8, 4) is 5.69 Å². The minimum Gasteiger partial charge on any atom is -0.480 e. The fourth-order valence-electron chi connectivity index (χ4n) is 2.38. The number of rotatable bonds is 7. The Kier molecular flexibility index (Phi) is 5.94. The molecule has 2 rings (SSSR count). The molecule has 1 unspecified atom stereocenters. The maximum Gasteiger partial charge on any atom is 0.326 e. The molecule has 9 nitrogen and oxygen atoms in total. The monoisotopic (exact) mass is 374 g/mol.